The normalized spacial score (nSPS) is 11.8. The third-order valence-corrected chi connectivity index (χ3v) is 19.3. The average Bonchev–Trinajstić information content (AvgIpc) is 1.78. The van der Waals surface area contributed by atoms with E-state index in [2.05, 4.69) is 114 Å². The van der Waals surface area contributed by atoms with Gasteiger partial charge in [0.1, 0.15) is 30.7 Å². The van der Waals surface area contributed by atoms with Gasteiger partial charge < -0.3 is 34.7 Å². The number of halogens is 7. The van der Waals surface area contributed by atoms with Gasteiger partial charge in [0.15, 0.2) is 28.5 Å². The van der Waals surface area contributed by atoms with Crippen molar-refractivity contribution < 1.29 is 51.6 Å². The zero-order valence-electron chi connectivity index (χ0n) is 54.9. The van der Waals surface area contributed by atoms with Crippen molar-refractivity contribution in [3.63, 3.8) is 0 Å². The van der Waals surface area contributed by atoms with E-state index in [-0.39, 0.29) is 61.2 Å². The maximum atomic E-state index is 12.3. The van der Waals surface area contributed by atoms with Crippen molar-refractivity contribution in [2.45, 2.75) is 98.6 Å². The van der Waals surface area contributed by atoms with Crippen LogP contribution in [0.5, 0.6) is 34.5 Å². The van der Waals surface area contributed by atoms with Gasteiger partial charge in [-0.2, -0.15) is 10.2 Å². The number of H-pyrrole nitrogens is 3. The molecule has 9 heterocycles. The summed E-state index contributed by atoms with van der Waals surface area (Å²) in [5.74, 6) is -2.13. The van der Waals surface area contributed by atoms with Crippen LogP contribution in [0.15, 0.2) is 106 Å². The smallest absolute Gasteiger partial charge is 0.439 e. The van der Waals surface area contributed by atoms with Crippen LogP contribution in [0.1, 0.15) is 67.0 Å². The minimum Gasteiger partial charge on any atom is -0.453 e. The van der Waals surface area contributed by atoms with Crippen LogP contribution in [0.3, 0.4) is 0 Å². The van der Waals surface area contributed by atoms with E-state index in [0.29, 0.717) is 76.6 Å². The van der Waals surface area contributed by atoms with Crippen LogP contribution in [0, 0.1) is 13.8 Å². The number of pyridine rings is 3. The van der Waals surface area contributed by atoms with Crippen LogP contribution in [0.25, 0.3) is 22.1 Å². The molecule has 3 aromatic carbocycles. The Kier molecular flexibility index (Phi) is 25.0. The fourth-order valence-electron chi connectivity index (χ4n) is 9.01. The minimum absolute atomic E-state index is 0.0892. The van der Waals surface area contributed by atoms with E-state index < -0.39 is 50.3 Å². The minimum atomic E-state index is -1.17. The number of ether oxygens (including phenoxy) is 5. The molecule has 0 spiro atoms. The Bertz CT molecular complexity index is 5040. The molecule has 101 heavy (non-hydrogen) atoms. The zero-order valence-corrected chi connectivity index (χ0v) is 62.2. The van der Waals surface area contributed by atoms with Gasteiger partial charge in [0.25, 0.3) is 11.1 Å². The van der Waals surface area contributed by atoms with Crippen molar-refractivity contribution in [1.29, 1.82) is 0 Å². The molecule has 39 heteroatoms. The van der Waals surface area contributed by atoms with Crippen LogP contribution in [-0.4, -0.2) is 117 Å². The summed E-state index contributed by atoms with van der Waals surface area (Å²) in [6.45, 7) is 22.3. The summed E-state index contributed by atoms with van der Waals surface area (Å²) in [5, 5.41) is 23.6. The lowest BCUT2D eigenvalue weighted by atomic mass is 10.1. The highest BCUT2D eigenvalue weighted by molar-refractivity contribution is 6.76. The molecule has 0 aliphatic carbocycles. The van der Waals surface area contributed by atoms with E-state index in [0.717, 1.165) is 63.5 Å². The SMILES string of the molecule is CC1=NCc2ncc(Oc3c(Cl)cc(NC(=O)c4noc(=O)[nH]4)cc3Cl)cc21.Cc1nn(COCC[Si](C)(C)C)c2ncc(Oc3c(Cl)cc(CC(=O)c4noc(=O)[nH]4)cc3Cl)cc12.Cc1nn(COCC[Si](C)(C)C)c2ncc(Oc3c(Cl)cc(N)cc3Cl)cc12.O=C(Cl)c1noc(=O)[nH]1. The maximum Gasteiger partial charge on any atom is 0.439 e. The molecule has 0 radical (unpaired) electrons. The fourth-order valence-corrected chi connectivity index (χ4v) is 12.4. The molecule has 1 aliphatic heterocycles. The van der Waals surface area contributed by atoms with Crippen molar-refractivity contribution >= 4 is 153 Å². The summed E-state index contributed by atoms with van der Waals surface area (Å²) in [6, 6.07) is 16.9. The topological polar surface area (TPSA) is 399 Å². The molecule has 530 valence electrons. The molecule has 8 aromatic heterocycles. The molecule has 1 amide bonds. The number of aromatic amines is 3. The summed E-state index contributed by atoms with van der Waals surface area (Å²) in [5.41, 5.74) is 12.7. The highest BCUT2D eigenvalue weighted by Crippen LogP contribution is 2.42. The number of nitrogens with two attached hydrogens (primary N) is 1. The fraction of sp³-hybridized carbons (Fsp3) is 0.274. The van der Waals surface area contributed by atoms with Crippen molar-refractivity contribution in [2.75, 3.05) is 24.3 Å². The third-order valence-electron chi connectivity index (χ3n) is 14.1. The van der Waals surface area contributed by atoms with Crippen LogP contribution in [-0.2, 0) is 35.9 Å². The monoisotopic (exact) mass is 1550 g/mol. The third kappa shape index (κ3) is 20.8. The van der Waals surface area contributed by atoms with Gasteiger partial charge in [0.2, 0.25) is 23.3 Å². The molecule has 0 bridgehead atoms. The Morgan fingerprint density at radius 3 is 1.42 bits per heavy atom. The summed E-state index contributed by atoms with van der Waals surface area (Å²) >= 11 is 42.6. The predicted molar refractivity (Wildman–Crippen MR) is 384 cm³/mol. The number of ketones is 1. The number of nitrogens with zero attached hydrogens (tertiary/aromatic N) is 11. The molecule has 12 rings (SSSR count). The number of hydrogen-bond donors (Lipinski definition) is 5. The number of aliphatic imine (C=N–C) groups is 1. The Balaban J connectivity index is 0.000000167. The molecule has 1 aliphatic rings. The van der Waals surface area contributed by atoms with E-state index in [1.165, 1.54) is 12.1 Å². The first-order valence-electron chi connectivity index (χ1n) is 30.0. The van der Waals surface area contributed by atoms with E-state index in [4.69, 9.17) is 111 Å². The van der Waals surface area contributed by atoms with Crippen LogP contribution in [0.2, 0.25) is 81.5 Å². The number of amides is 1. The lowest BCUT2D eigenvalue weighted by molar-refractivity contribution is 0.0810. The predicted octanol–water partition coefficient (Wildman–Crippen LogP) is 14.2. The first-order chi connectivity index (χ1) is 47.7. The van der Waals surface area contributed by atoms with Gasteiger partial charge in [-0.3, -0.25) is 52.9 Å². The van der Waals surface area contributed by atoms with Gasteiger partial charge in [-0.15, -0.1) is 0 Å². The number of Topliss-reactive ketones (excluding diaryl/α,β-unsaturated/α-hetero) is 1. The summed E-state index contributed by atoms with van der Waals surface area (Å²) in [6.07, 6.45) is 4.66. The second-order valence-electron chi connectivity index (χ2n) is 24.5. The van der Waals surface area contributed by atoms with Crippen molar-refractivity contribution in [1.82, 2.24) is 64.9 Å². The standard InChI is InChI=1S/C23H25Cl2N5O5Si.C19H24Cl2N4O2Si.C17H11Cl2N5O4.C3HClN2O3/c1-13-16-10-15(11-26-22(16)30(28-13)12-33-5-6-36(2,3)4)34-20-17(24)7-14(8-18(20)25)9-19(31)21-27-23(32)35-29-21;1-12-15-9-14(27-18-16(20)7-13(22)8-17(18)21)10-23-19(15)25(24-12)11-26-5-6-28(2,3)4;1-7-10-4-9(5-21-13(10)6-20-7)27-14-11(18)2-8(3-12(14)19)22-16(25)15-23-17(26)28-24-15;4-1(7)2-5-3(8)9-6-2/h7-8,10-11H,5-6,9,12H2,1-4H3,(H,27,29,32);7-10H,5-6,11,22H2,1-4H3;2-5H,6H2,1H3,(H,22,25)(H,23,24,26);(H,5,6,8). The number of fused-ring (bicyclic) bond motifs is 3. The lowest BCUT2D eigenvalue weighted by Gasteiger charge is -2.15. The first-order valence-corrected chi connectivity index (χ1v) is 40.1. The van der Waals surface area contributed by atoms with Crippen LogP contribution < -0.4 is 42.5 Å². The molecule has 0 atom stereocenters. The Morgan fingerprint density at radius 2 is 0.990 bits per heavy atom. The zero-order chi connectivity index (χ0) is 73.2. The molecular weight excluding hydrogens is 1500 g/mol. The lowest BCUT2D eigenvalue weighted by Crippen LogP contribution is -2.22. The molecule has 0 fully saturated rings. The number of hydrogen-bond acceptors (Lipinski definition) is 24. The van der Waals surface area contributed by atoms with Crippen LogP contribution >= 0.6 is 81.2 Å². The maximum absolute atomic E-state index is 12.3. The number of carbonyl (C=O) groups is 3. The number of aromatic nitrogens is 13. The Labute approximate surface area is 609 Å². The van der Waals surface area contributed by atoms with Gasteiger partial charge >= 0.3 is 17.3 Å². The molecule has 0 saturated carbocycles. The Morgan fingerprint density at radius 1 is 0.574 bits per heavy atom. The average molecular weight is 1560 g/mol. The van der Waals surface area contributed by atoms with Gasteiger partial charge in [0, 0.05) is 69.2 Å². The number of carbonyl (C=O) groups excluding carboxylic acids is 3. The summed E-state index contributed by atoms with van der Waals surface area (Å²) in [7, 11) is -2.29. The second kappa shape index (κ2) is 33.2. The molecule has 0 saturated heterocycles. The van der Waals surface area contributed by atoms with Gasteiger partial charge in [-0.25, -0.2) is 33.7 Å². The van der Waals surface area contributed by atoms with E-state index >= 15 is 0 Å². The molecule has 11 aromatic rings. The van der Waals surface area contributed by atoms with Gasteiger partial charge in [-0.05, 0) is 110 Å². The largest absolute Gasteiger partial charge is 0.453 e. The highest BCUT2D eigenvalue weighted by Gasteiger charge is 2.23. The molecule has 6 N–H and O–H groups in total. The number of benzene rings is 3. The number of anilines is 2. The van der Waals surface area contributed by atoms with Crippen molar-refractivity contribution in [3.8, 4) is 34.5 Å². The second-order valence-corrected chi connectivity index (χ2v) is 38.5. The number of nitrogen functional groups attached to an aromatic ring is 1. The van der Waals surface area contributed by atoms with Crippen LogP contribution in [0.4, 0.5) is 11.4 Å². The quantitative estimate of drug-likeness (QED) is 0.0138. The number of rotatable bonds is 22. The number of aryl methyl sites for hydroxylation is 2. The van der Waals surface area contributed by atoms with E-state index in [9.17, 15) is 28.8 Å². The summed E-state index contributed by atoms with van der Waals surface area (Å²) < 4.78 is 45.3. The van der Waals surface area contributed by atoms with Gasteiger partial charge in [0.05, 0.1) is 72.4 Å². The highest BCUT2D eigenvalue weighted by atomic mass is 35.5. The van der Waals surface area contributed by atoms with Gasteiger partial charge in [-0.1, -0.05) is 119 Å². The van der Waals surface area contributed by atoms with Crippen molar-refractivity contribution in [3.05, 3.63) is 181 Å². The molecule has 30 nitrogen and oxygen atoms in total. The molecular formula is C62H61Cl7N16O14Si2. The summed E-state index contributed by atoms with van der Waals surface area (Å²) in [4.78, 5) is 90.5. The Hall–Kier alpha value is -9.07. The first kappa shape index (κ1) is 76.1. The molecule has 0 unspecified atom stereocenters. The van der Waals surface area contributed by atoms with Crippen molar-refractivity contribution in [2.24, 2.45) is 4.99 Å². The van der Waals surface area contributed by atoms with E-state index in [1.54, 1.807) is 52.2 Å². The van der Waals surface area contributed by atoms with E-state index in [1.807, 2.05) is 44.0 Å². The number of nitrogens with one attached hydrogen (secondary N) is 4.